The third kappa shape index (κ3) is 5.71. The van der Waals surface area contributed by atoms with Gasteiger partial charge in [0.25, 0.3) is 5.91 Å². The SMILES string of the molecule is CCN(OCc1ccccc1)C(=O)C(C[C@H](C)C(=O)O)C(N)=O. The predicted molar refractivity (Wildman–Crippen MR) is 82.7 cm³/mol. The molecule has 0 aliphatic rings. The number of hydrogen-bond donors (Lipinski definition) is 2. The van der Waals surface area contributed by atoms with Gasteiger partial charge in [-0.05, 0) is 18.9 Å². The number of hydroxylamine groups is 2. The zero-order valence-corrected chi connectivity index (χ0v) is 13.3. The molecule has 0 radical (unpaired) electrons. The Hall–Kier alpha value is -2.41. The van der Waals surface area contributed by atoms with Crippen molar-refractivity contribution in [1.29, 1.82) is 0 Å². The molecule has 0 heterocycles. The van der Waals surface area contributed by atoms with Gasteiger partial charge in [-0.15, -0.1) is 0 Å². The van der Waals surface area contributed by atoms with Crippen LogP contribution in [0.4, 0.5) is 0 Å². The number of rotatable bonds is 9. The number of nitrogens with two attached hydrogens (primary N) is 1. The first-order valence-electron chi connectivity index (χ1n) is 7.37. The average Bonchev–Trinajstić information content (AvgIpc) is 2.53. The molecule has 2 amide bonds. The second-order valence-electron chi connectivity index (χ2n) is 5.22. The van der Waals surface area contributed by atoms with Crippen LogP contribution in [0.2, 0.25) is 0 Å². The highest BCUT2D eigenvalue weighted by atomic mass is 16.7. The van der Waals surface area contributed by atoms with Crippen molar-refractivity contribution in [2.75, 3.05) is 6.54 Å². The summed E-state index contributed by atoms with van der Waals surface area (Å²) in [5.41, 5.74) is 6.12. The van der Waals surface area contributed by atoms with E-state index in [2.05, 4.69) is 0 Å². The van der Waals surface area contributed by atoms with Crippen LogP contribution in [0.1, 0.15) is 25.8 Å². The average molecular weight is 322 g/mol. The van der Waals surface area contributed by atoms with E-state index in [1.54, 1.807) is 6.92 Å². The molecule has 1 aromatic rings. The van der Waals surface area contributed by atoms with Gasteiger partial charge in [-0.1, -0.05) is 37.3 Å². The third-order valence-corrected chi connectivity index (χ3v) is 3.42. The molecular formula is C16H22N2O5. The van der Waals surface area contributed by atoms with Crippen molar-refractivity contribution in [3.63, 3.8) is 0 Å². The fraction of sp³-hybridized carbons (Fsp3) is 0.438. The zero-order chi connectivity index (χ0) is 17.4. The summed E-state index contributed by atoms with van der Waals surface area (Å²) in [6.45, 7) is 3.51. The number of benzene rings is 1. The lowest BCUT2D eigenvalue weighted by atomic mass is 9.94. The fourth-order valence-electron chi connectivity index (χ4n) is 2.00. The smallest absolute Gasteiger partial charge is 0.306 e. The minimum Gasteiger partial charge on any atom is -0.481 e. The van der Waals surface area contributed by atoms with Crippen LogP contribution in [0.5, 0.6) is 0 Å². The second kappa shape index (κ2) is 8.89. The minimum absolute atomic E-state index is 0.158. The Morgan fingerprint density at radius 3 is 2.35 bits per heavy atom. The van der Waals surface area contributed by atoms with Gasteiger partial charge in [0.15, 0.2) is 0 Å². The van der Waals surface area contributed by atoms with Gasteiger partial charge in [0.2, 0.25) is 5.91 Å². The molecular weight excluding hydrogens is 300 g/mol. The zero-order valence-electron chi connectivity index (χ0n) is 13.3. The number of hydrogen-bond acceptors (Lipinski definition) is 4. The van der Waals surface area contributed by atoms with Crippen molar-refractivity contribution in [3.8, 4) is 0 Å². The molecule has 0 saturated heterocycles. The Balaban J connectivity index is 2.74. The minimum atomic E-state index is -1.23. The number of carbonyl (C=O) groups excluding carboxylic acids is 2. The topological polar surface area (TPSA) is 110 Å². The third-order valence-electron chi connectivity index (χ3n) is 3.42. The van der Waals surface area contributed by atoms with Crippen molar-refractivity contribution in [1.82, 2.24) is 5.06 Å². The highest BCUT2D eigenvalue weighted by Gasteiger charge is 2.32. The Bertz CT molecular complexity index is 547. The monoisotopic (exact) mass is 322 g/mol. The Morgan fingerprint density at radius 2 is 1.87 bits per heavy atom. The normalized spacial score (nSPS) is 13.1. The van der Waals surface area contributed by atoms with E-state index in [9.17, 15) is 14.4 Å². The molecule has 23 heavy (non-hydrogen) atoms. The number of carboxylic acids is 1. The van der Waals surface area contributed by atoms with E-state index in [0.29, 0.717) is 0 Å². The van der Waals surface area contributed by atoms with Crippen LogP contribution in [-0.4, -0.2) is 34.5 Å². The predicted octanol–water partition coefficient (Wildman–Crippen LogP) is 1.18. The number of carbonyl (C=O) groups is 3. The van der Waals surface area contributed by atoms with Gasteiger partial charge in [-0.3, -0.25) is 19.2 Å². The van der Waals surface area contributed by atoms with Crippen molar-refractivity contribution in [2.24, 2.45) is 17.6 Å². The summed E-state index contributed by atoms with van der Waals surface area (Å²) >= 11 is 0. The largest absolute Gasteiger partial charge is 0.481 e. The van der Waals surface area contributed by atoms with Crippen LogP contribution in [0.25, 0.3) is 0 Å². The lowest BCUT2D eigenvalue weighted by Crippen LogP contribution is -2.43. The van der Waals surface area contributed by atoms with Gasteiger partial charge in [0, 0.05) is 6.54 Å². The van der Waals surface area contributed by atoms with Crippen LogP contribution >= 0.6 is 0 Å². The van der Waals surface area contributed by atoms with E-state index in [1.807, 2.05) is 30.3 Å². The number of nitrogens with zero attached hydrogens (tertiary/aromatic N) is 1. The molecule has 0 aliphatic carbocycles. The summed E-state index contributed by atoms with van der Waals surface area (Å²) in [6.07, 6.45) is -0.158. The summed E-state index contributed by atoms with van der Waals surface area (Å²) in [5.74, 6) is -4.65. The Kier molecular flexibility index (Phi) is 7.21. The number of carboxylic acid groups (broad SMARTS) is 1. The van der Waals surface area contributed by atoms with Gasteiger partial charge in [0.1, 0.15) is 12.5 Å². The molecule has 2 atom stereocenters. The molecule has 1 aromatic carbocycles. The summed E-state index contributed by atoms with van der Waals surface area (Å²) < 4.78 is 0. The van der Waals surface area contributed by atoms with Gasteiger partial charge in [-0.2, -0.15) is 0 Å². The maximum atomic E-state index is 12.4. The maximum Gasteiger partial charge on any atom is 0.306 e. The maximum absolute atomic E-state index is 12.4. The molecule has 1 rings (SSSR count). The Labute approximate surface area is 135 Å². The molecule has 7 nitrogen and oxygen atoms in total. The Morgan fingerprint density at radius 1 is 1.26 bits per heavy atom. The van der Waals surface area contributed by atoms with Gasteiger partial charge in [-0.25, -0.2) is 5.06 Å². The highest BCUT2D eigenvalue weighted by molar-refractivity contribution is 5.99. The van der Waals surface area contributed by atoms with Crippen LogP contribution in [0.3, 0.4) is 0 Å². The molecule has 0 aromatic heterocycles. The first-order valence-corrected chi connectivity index (χ1v) is 7.37. The summed E-state index contributed by atoms with van der Waals surface area (Å²) in [6, 6.07) is 9.24. The van der Waals surface area contributed by atoms with Gasteiger partial charge < -0.3 is 10.8 Å². The second-order valence-corrected chi connectivity index (χ2v) is 5.22. The van der Waals surface area contributed by atoms with E-state index >= 15 is 0 Å². The highest BCUT2D eigenvalue weighted by Crippen LogP contribution is 2.16. The quantitative estimate of drug-likeness (QED) is 0.524. The van der Waals surface area contributed by atoms with E-state index in [4.69, 9.17) is 15.7 Å². The lowest BCUT2D eigenvalue weighted by molar-refractivity contribution is -0.195. The number of amides is 2. The standard InChI is InChI=1S/C16H22N2O5/c1-3-18(23-10-12-7-5-4-6-8-12)15(20)13(14(17)19)9-11(2)16(21)22/h4-8,11,13H,3,9-10H2,1-2H3,(H2,17,19)(H,21,22)/t11-,13?/m0/s1. The first-order chi connectivity index (χ1) is 10.9. The molecule has 0 fully saturated rings. The van der Waals surface area contributed by atoms with Crippen molar-refractivity contribution >= 4 is 17.8 Å². The van der Waals surface area contributed by atoms with E-state index in [0.717, 1.165) is 10.6 Å². The van der Waals surface area contributed by atoms with Gasteiger partial charge >= 0.3 is 5.97 Å². The van der Waals surface area contributed by atoms with Crippen molar-refractivity contribution < 1.29 is 24.3 Å². The molecule has 0 spiro atoms. The molecule has 126 valence electrons. The molecule has 0 bridgehead atoms. The number of aliphatic carboxylic acids is 1. The summed E-state index contributed by atoms with van der Waals surface area (Å²) in [7, 11) is 0. The molecule has 1 unspecified atom stereocenters. The first kappa shape index (κ1) is 18.6. The van der Waals surface area contributed by atoms with Crippen LogP contribution in [0, 0.1) is 11.8 Å². The van der Waals surface area contributed by atoms with Crippen molar-refractivity contribution in [3.05, 3.63) is 35.9 Å². The lowest BCUT2D eigenvalue weighted by Gasteiger charge is -2.24. The van der Waals surface area contributed by atoms with Crippen LogP contribution < -0.4 is 5.73 Å². The van der Waals surface area contributed by atoms with Crippen LogP contribution in [-0.2, 0) is 25.8 Å². The molecule has 0 aliphatic heterocycles. The van der Waals surface area contributed by atoms with E-state index in [-0.39, 0.29) is 19.6 Å². The number of primary amides is 1. The molecule has 7 heteroatoms. The fourth-order valence-corrected chi connectivity index (χ4v) is 2.00. The van der Waals surface area contributed by atoms with E-state index < -0.39 is 29.6 Å². The van der Waals surface area contributed by atoms with Crippen molar-refractivity contribution in [2.45, 2.75) is 26.9 Å². The summed E-state index contributed by atoms with van der Waals surface area (Å²) in [5, 5.41) is 9.99. The summed E-state index contributed by atoms with van der Waals surface area (Å²) in [4.78, 5) is 40.3. The van der Waals surface area contributed by atoms with E-state index in [1.165, 1.54) is 6.92 Å². The van der Waals surface area contributed by atoms with Crippen LogP contribution in [0.15, 0.2) is 30.3 Å². The molecule has 3 N–H and O–H groups in total. The van der Waals surface area contributed by atoms with Gasteiger partial charge in [0.05, 0.1) is 5.92 Å². The molecule has 0 saturated carbocycles.